The van der Waals surface area contributed by atoms with Crippen LogP contribution in [-0.2, 0) is 20.9 Å². The van der Waals surface area contributed by atoms with Gasteiger partial charge in [0.15, 0.2) is 0 Å². The lowest BCUT2D eigenvalue weighted by molar-refractivity contribution is -0.149. The van der Waals surface area contributed by atoms with Crippen molar-refractivity contribution in [2.75, 3.05) is 13.7 Å². The molecule has 0 aliphatic heterocycles. The fraction of sp³-hybridized carbons (Fsp3) is 0.231. The number of benzene rings is 1. The van der Waals surface area contributed by atoms with E-state index in [2.05, 4.69) is 9.72 Å². The van der Waals surface area contributed by atoms with Crippen LogP contribution >= 0.6 is 0 Å². The molecule has 0 spiro atoms. The van der Waals surface area contributed by atoms with Crippen LogP contribution in [-0.4, -0.2) is 24.7 Å². The molecule has 1 N–H and O–H groups in total. The molecule has 1 heterocycles. The Morgan fingerprint density at radius 1 is 1.33 bits per heavy atom. The first-order valence-corrected chi connectivity index (χ1v) is 5.46. The molecule has 18 heavy (non-hydrogen) atoms. The van der Waals surface area contributed by atoms with E-state index >= 15 is 0 Å². The zero-order chi connectivity index (χ0) is 13.0. The Hall–Kier alpha value is -2.14. The molecule has 2 rings (SSSR count). The van der Waals surface area contributed by atoms with Gasteiger partial charge in [0.2, 0.25) is 0 Å². The molecule has 0 aliphatic carbocycles. The highest BCUT2D eigenvalue weighted by Gasteiger charge is 2.06. The number of para-hydroxylation sites is 1. The maximum absolute atomic E-state index is 11.7. The minimum absolute atomic E-state index is 0.0532. The smallest absolute Gasteiger partial charge is 0.332 e. The second kappa shape index (κ2) is 5.46. The van der Waals surface area contributed by atoms with Crippen molar-refractivity contribution >= 4 is 16.9 Å². The number of methoxy groups -OCH3 is 1. The number of carbonyl (C=O) groups excluding carboxylic acids is 1. The van der Waals surface area contributed by atoms with Crippen molar-refractivity contribution in [3.63, 3.8) is 0 Å². The Labute approximate surface area is 103 Å². The maximum atomic E-state index is 11.7. The van der Waals surface area contributed by atoms with Gasteiger partial charge >= 0.3 is 5.97 Å². The molecule has 5 heteroatoms. The molecule has 0 unspecified atom stereocenters. The van der Waals surface area contributed by atoms with Gasteiger partial charge in [-0.25, -0.2) is 4.79 Å². The van der Waals surface area contributed by atoms with E-state index in [0.717, 1.165) is 10.9 Å². The Bertz CT molecular complexity index is 618. The molecule has 94 valence electrons. The van der Waals surface area contributed by atoms with Crippen LogP contribution in [0, 0.1) is 0 Å². The summed E-state index contributed by atoms with van der Waals surface area (Å²) < 4.78 is 9.55. The van der Waals surface area contributed by atoms with E-state index in [9.17, 15) is 9.59 Å². The number of ether oxygens (including phenoxy) is 2. The number of aromatic nitrogens is 1. The maximum Gasteiger partial charge on any atom is 0.332 e. The molecule has 2 aromatic rings. The van der Waals surface area contributed by atoms with E-state index in [1.165, 1.54) is 7.11 Å². The fourth-order valence-electron chi connectivity index (χ4n) is 1.62. The van der Waals surface area contributed by atoms with Crippen LogP contribution in [0.25, 0.3) is 10.9 Å². The second-order valence-electron chi connectivity index (χ2n) is 3.80. The summed E-state index contributed by atoms with van der Waals surface area (Å²) >= 11 is 0. The minimum atomic E-state index is -0.495. The lowest BCUT2D eigenvalue weighted by Gasteiger charge is -2.05. The van der Waals surface area contributed by atoms with Crippen molar-refractivity contribution in [3.05, 3.63) is 46.2 Å². The first kappa shape index (κ1) is 12.3. The van der Waals surface area contributed by atoms with Crippen molar-refractivity contribution in [2.45, 2.75) is 6.61 Å². The van der Waals surface area contributed by atoms with E-state index in [1.807, 2.05) is 24.3 Å². The topological polar surface area (TPSA) is 68.4 Å². The summed E-state index contributed by atoms with van der Waals surface area (Å²) in [4.78, 5) is 25.6. The van der Waals surface area contributed by atoms with Gasteiger partial charge in [0.1, 0.15) is 13.2 Å². The Kier molecular flexibility index (Phi) is 3.74. The Balaban J connectivity index is 2.20. The quantitative estimate of drug-likeness (QED) is 0.825. The molecule has 5 nitrogen and oxygen atoms in total. The largest absolute Gasteiger partial charge is 0.459 e. The monoisotopic (exact) mass is 247 g/mol. The zero-order valence-corrected chi connectivity index (χ0v) is 9.93. The Morgan fingerprint density at radius 3 is 2.89 bits per heavy atom. The summed E-state index contributed by atoms with van der Waals surface area (Å²) in [6, 6.07) is 9.13. The van der Waals surface area contributed by atoms with Gasteiger partial charge in [-0.3, -0.25) is 4.79 Å². The highest BCUT2D eigenvalue weighted by molar-refractivity contribution is 5.78. The number of nitrogens with one attached hydrogen (secondary N) is 1. The molecular weight excluding hydrogens is 234 g/mol. The van der Waals surface area contributed by atoms with Gasteiger partial charge in [-0.1, -0.05) is 18.2 Å². The zero-order valence-electron chi connectivity index (χ0n) is 9.93. The Morgan fingerprint density at radius 2 is 2.11 bits per heavy atom. The van der Waals surface area contributed by atoms with E-state index in [0.29, 0.717) is 5.56 Å². The van der Waals surface area contributed by atoms with Crippen LogP contribution in [0.15, 0.2) is 35.1 Å². The van der Waals surface area contributed by atoms with Gasteiger partial charge in [-0.05, 0) is 17.5 Å². The average molecular weight is 247 g/mol. The molecule has 0 amide bonds. The summed E-state index contributed by atoms with van der Waals surface area (Å²) in [7, 11) is 1.41. The molecule has 0 aliphatic rings. The fourth-order valence-corrected chi connectivity index (χ4v) is 1.62. The van der Waals surface area contributed by atoms with Crippen LogP contribution in [0.2, 0.25) is 0 Å². The van der Waals surface area contributed by atoms with Crippen molar-refractivity contribution < 1.29 is 14.3 Å². The van der Waals surface area contributed by atoms with E-state index in [4.69, 9.17) is 4.74 Å². The summed E-state index contributed by atoms with van der Waals surface area (Å²) in [6.07, 6.45) is 0. The van der Waals surface area contributed by atoms with Crippen LogP contribution < -0.4 is 5.56 Å². The van der Waals surface area contributed by atoms with Crippen LogP contribution in [0.1, 0.15) is 5.56 Å². The molecule has 0 radical (unpaired) electrons. The van der Waals surface area contributed by atoms with Gasteiger partial charge in [0.25, 0.3) is 5.56 Å². The van der Waals surface area contributed by atoms with Crippen molar-refractivity contribution in [1.82, 2.24) is 4.98 Å². The number of esters is 1. The summed E-state index contributed by atoms with van der Waals surface area (Å²) in [5, 5.41) is 0.898. The first-order valence-electron chi connectivity index (χ1n) is 5.46. The third-order valence-corrected chi connectivity index (χ3v) is 2.48. The third-order valence-electron chi connectivity index (χ3n) is 2.48. The van der Waals surface area contributed by atoms with Crippen molar-refractivity contribution in [3.8, 4) is 0 Å². The number of carbonyl (C=O) groups is 1. The number of H-pyrrole nitrogens is 1. The van der Waals surface area contributed by atoms with E-state index in [-0.39, 0.29) is 18.8 Å². The standard InChI is InChI=1S/C13H13NO4/c1-17-8-12(15)18-7-10-6-9-4-2-3-5-11(9)14-13(10)16/h2-6H,7-8H2,1H3,(H,14,16). The third kappa shape index (κ3) is 2.75. The summed E-state index contributed by atoms with van der Waals surface area (Å²) in [5.41, 5.74) is 0.923. The number of aromatic amines is 1. The van der Waals surface area contributed by atoms with E-state index < -0.39 is 5.97 Å². The predicted octanol–water partition coefficient (Wildman–Crippen LogP) is 1.22. The molecule has 1 aromatic heterocycles. The molecule has 1 aromatic carbocycles. The molecule has 0 fully saturated rings. The van der Waals surface area contributed by atoms with Crippen LogP contribution in [0.4, 0.5) is 0 Å². The molecule has 0 bridgehead atoms. The van der Waals surface area contributed by atoms with Gasteiger partial charge in [0, 0.05) is 12.6 Å². The lowest BCUT2D eigenvalue weighted by atomic mass is 10.2. The average Bonchev–Trinajstić information content (AvgIpc) is 2.36. The van der Waals surface area contributed by atoms with Crippen LogP contribution in [0.3, 0.4) is 0 Å². The number of hydrogen-bond donors (Lipinski definition) is 1. The molecular formula is C13H13NO4. The molecule has 0 atom stereocenters. The van der Waals surface area contributed by atoms with Gasteiger partial charge in [-0.15, -0.1) is 0 Å². The molecule has 0 saturated heterocycles. The van der Waals surface area contributed by atoms with Gasteiger partial charge in [0.05, 0.1) is 5.56 Å². The first-order chi connectivity index (χ1) is 8.70. The number of pyridine rings is 1. The second-order valence-corrected chi connectivity index (χ2v) is 3.80. The lowest BCUT2D eigenvalue weighted by Crippen LogP contribution is -2.17. The number of hydrogen-bond acceptors (Lipinski definition) is 4. The van der Waals surface area contributed by atoms with Crippen molar-refractivity contribution in [2.24, 2.45) is 0 Å². The number of rotatable bonds is 4. The van der Waals surface area contributed by atoms with Gasteiger partial charge < -0.3 is 14.5 Å². The van der Waals surface area contributed by atoms with Crippen LogP contribution in [0.5, 0.6) is 0 Å². The normalized spacial score (nSPS) is 10.5. The predicted molar refractivity (Wildman–Crippen MR) is 66.2 cm³/mol. The van der Waals surface area contributed by atoms with Crippen molar-refractivity contribution in [1.29, 1.82) is 0 Å². The minimum Gasteiger partial charge on any atom is -0.459 e. The summed E-state index contributed by atoms with van der Waals surface area (Å²) in [5.74, 6) is -0.495. The number of fused-ring (bicyclic) bond motifs is 1. The highest BCUT2D eigenvalue weighted by atomic mass is 16.6. The summed E-state index contributed by atoms with van der Waals surface area (Å²) in [6.45, 7) is -0.173. The molecule has 0 saturated carbocycles. The van der Waals surface area contributed by atoms with E-state index in [1.54, 1.807) is 6.07 Å². The van der Waals surface area contributed by atoms with Gasteiger partial charge in [-0.2, -0.15) is 0 Å². The highest BCUT2D eigenvalue weighted by Crippen LogP contribution is 2.10. The SMILES string of the molecule is COCC(=O)OCc1cc2ccccc2[nH]c1=O.